The average molecular weight is 165 g/mol. The van der Waals surface area contributed by atoms with Gasteiger partial charge >= 0.3 is 0 Å². The molecule has 1 rings (SSSR count). The van der Waals surface area contributed by atoms with Crippen molar-refractivity contribution in [3.63, 3.8) is 0 Å². The summed E-state index contributed by atoms with van der Waals surface area (Å²) in [6, 6.07) is 0.549. The third kappa shape index (κ3) is 2.38. The minimum Gasteiger partial charge on any atom is -0.364 e. The van der Waals surface area contributed by atoms with E-state index in [1.54, 1.807) is 0 Å². The van der Waals surface area contributed by atoms with Gasteiger partial charge in [-0.1, -0.05) is 12.2 Å². The van der Waals surface area contributed by atoms with Crippen molar-refractivity contribution in [2.75, 3.05) is 19.6 Å². The summed E-state index contributed by atoms with van der Waals surface area (Å²) in [6.45, 7) is 8.93. The van der Waals surface area contributed by atoms with Crippen molar-refractivity contribution in [1.82, 2.24) is 10.2 Å². The molecule has 2 heteroatoms. The van der Waals surface area contributed by atoms with E-state index < -0.39 is 0 Å². The Morgan fingerprint density at radius 1 is 1.75 bits per heavy atom. The fourth-order valence-electron chi connectivity index (χ4n) is 1.50. The molecule has 1 radical (unpaired) electrons. The molecule has 1 aliphatic heterocycles. The monoisotopic (exact) mass is 165 g/mol. The number of allylic oxidation sites excluding steroid dienone is 1. The summed E-state index contributed by atoms with van der Waals surface area (Å²) >= 11 is 0. The second-order valence-corrected chi connectivity index (χ2v) is 2.99. The summed E-state index contributed by atoms with van der Waals surface area (Å²) in [4.78, 5) is 2.26. The Bertz CT molecular complexity index is 163. The average Bonchev–Trinajstić information content (AvgIpc) is 2.09. The lowest BCUT2D eigenvalue weighted by atomic mass is 10.1. The molecule has 0 aromatic rings. The summed E-state index contributed by atoms with van der Waals surface area (Å²) in [6.07, 6.45) is 8.22. The summed E-state index contributed by atoms with van der Waals surface area (Å²) in [5.41, 5.74) is 0. The zero-order valence-electron chi connectivity index (χ0n) is 7.71. The Morgan fingerprint density at radius 2 is 2.58 bits per heavy atom. The van der Waals surface area contributed by atoms with E-state index in [0.29, 0.717) is 6.04 Å². The minimum absolute atomic E-state index is 0.549. The second-order valence-electron chi connectivity index (χ2n) is 2.99. The van der Waals surface area contributed by atoms with Crippen LogP contribution in [0.1, 0.15) is 13.3 Å². The smallest absolute Gasteiger partial charge is 0.0560 e. The van der Waals surface area contributed by atoms with Crippen LogP contribution in [0.15, 0.2) is 18.7 Å². The molecule has 0 spiro atoms. The molecule has 0 saturated carbocycles. The maximum atomic E-state index is 3.76. The van der Waals surface area contributed by atoms with Crippen LogP contribution >= 0.6 is 0 Å². The Balaban J connectivity index is 2.47. The molecule has 67 valence electrons. The SMILES string of the molecule is C=CCC1CNCCN1/[C]=C/C. The third-order valence-electron chi connectivity index (χ3n) is 2.08. The normalized spacial score (nSPS) is 24.8. The predicted octanol–water partition coefficient (Wildman–Crippen LogP) is 1.17. The predicted molar refractivity (Wildman–Crippen MR) is 51.7 cm³/mol. The highest BCUT2D eigenvalue weighted by molar-refractivity contribution is 4.88. The molecular weight excluding hydrogens is 148 g/mol. The van der Waals surface area contributed by atoms with Gasteiger partial charge in [-0.15, -0.1) is 6.58 Å². The van der Waals surface area contributed by atoms with Crippen LogP contribution in [-0.2, 0) is 0 Å². The fourth-order valence-corrected chi connectivity index (χ4v) is 1.50. The highest BCUT2D eigenvalue weighted by Crippen LogP contribution is 2.07. The molecule has 0 aromatic carbocycles. The molecule has 2 nitrogen and oxygen atoms in total. The first kappa shape index (κ1) is 9.33. The minimum atomic E-state index is 0.549. The summed E-state index contributed by atoms with van der Waals surface area (Å²) in [5, 5.41) is 3.36. The van der Waals surface area contributed by atoms with E-state index in [1.165, 1.54) is 0 Å². The number of piperazine rings is 1. The Labute approximate surface area is 74.9 Å². The molecule has 0 amide bonds. The Hall–Kier alpha value is -0.760. The van der Waals surface area contributed by atoms with Gasteiger partial charge in [-0.2, -0.15) is 0 Å². The van der Waals surface area contributed by atoms with E-state index >= 15 is 0 Å². The van der Waals surface area contributed by atoms with E-state index in [2.05, 4.69) is 23.0 Å². The molecule has 1 N–H and O–H groups in total. The Kier molecular flexibility index (Phi) is 3.88. The van der Waals surface area contributed by atoms with Crippen LogP contribution in [0.2, 0.25) is 0 Å². The van der Waals surface area contributed by atoms with Gasteiger partial charge in [0, 0.05) is 25.7 Å². The van der Waals surface area contributed by atoms with Gasteiger partial charge in [0.15, 0.2) is 0 Å². The van der Waals surface area contributed by atoms with Gasteiger partial charge < -0.3 is 10.2 Å². The van der Waals surface area contributed by atoms with E-state index in [4.69, 9.17) is 0 Å². The van der Waals surface area contributed by atoms with E-state index in [-0.39, 0.29) is 0 Å². The lowest BCUT2D eigenvalue weighted by molar-refractivity contribution is 0.218. The first-order chi connectivity index (χ1) is 5.88. The number of rotatable bonds is 3. The van der Waals surface area contributed by atoms with Crippen LogP contribution in [-0.4, -0.2) is 30.6 Å². The van der Waals surface area contributed by atoms with Crippen molar-refractivity contribution in [2.45, 2.75) is 19.4 Å². The van der Waals surface area contributed by atoms with Gasteiger partial charge in [0.25, 0.3) is 0 Å². The molecule has 0 aromatic heterocycles. The third-order valence-corrected chi connectivity index (χ3v) is 2.08. The zero-order valence-corrected chi connectivity index (χ0v) is 7.71. The van der Waals surface area contributed by atoms with Crippen molar-refractivity contribution >= 4 is 0 Å². The van der Waals surface area contributed by atoms with E-state index in [9.17, 15) is 0 Å². The zero-order chi connectivity index (χ0) is 8.81. The van der Waals surface area contributed by atoms with Gasteiger partial charge in [0.05, 0.1) is 6.20 Å². The number of nitrogens with one attached hydrogen (secondary N) is 1. The van der Waals surface area contributed by atoms with Crippen LogP contribution in [0.4, 0.5) is 0 Å². The molecule has 1 unspecified atom stereocenters. The maximum Gasteiger partial charge on any atom is 0.0560 e. The maximum absolute atomic E-state index is 3.76. The highest BCUT2D eigenvalue weighted by Gasteiger charge is 2.17. The van der Waals surface area contributed by atoms with Crippen molar-refractivity contribution < 1.29 is 0 Å². The van der Waals surface area contributed by atoms with Crippen LogP contribution in [0, 0.1) is 6.20 Å². The van der Waals surface area contributed by atoms with Crippen molar-refractivity contribution in [3.05, 3.63) is 24.9 Å². The molecule has 1 saturated heterocycles. The van der Waals surface area contributed by atoms with Gasteiger partial charge in [-0.25, -0.2) is 0 Å². The van der Waals surface area contributed by atoms with Crippen LogP contribution in [0.3, 0.4) is 0 Å². The first-order valence-electron chi connectivity index (χ1n) is 4.50. The summed E-state index contributed by atoms with van der Waals surface area (Å²) < 4.78 is 0. The standard InChI is InChI=1S/C10H17N2/c1-3-5-10-9-11-6-8-12(10)7-4-2/h3-4,10-11H,1,5-6,8-9H2,2H3. The van der Waals surface area contributed by atoms with Crippen molar-refractivity contribution in [2.24, 2.45) is 0 Å². The van der Waals surface area contributed by atoms with E-state index in [0.717, 1.165) is 26.1 Å². The fraction of sp³-hybridized carbons (Fsp3) is 0.600. The molecule has 1 aliphatic rings. The van der Waals surface area contributed by atoms with Crippen LogP contribution < -0.4 is 5.32 Å². The first-order valence-corrected chi connectivity index (χ1v) is 4.50. The lowest BCUT2D eigenvalue weighted by Gasteiger charge is -2.34. The number of hydrogen-bond donors (Lipinski definition) is 1. The molecule has 12 heavy (non-hydrogen) atoms. The second kappa shape index (κ2) is 4.99. The Morgan fingerprint density at radius 3 is 3.25 bits per heavy atom. The van der Waals surface area contributed by atoms with E-state index in [1.807, 2.05) is 19.1 Å². The summed E-state index contributed by atoms with van der Waals surface area (Å²) in [7, 11) is 0. The van der Waals surface area contributed by atoms with Crippen LogP contribution in [0.25, 0.3) is 0 Å². The molecule has 0 bridgehead atoms. The van der Waals surface area contributed by atoms with Gasteiger partial charge in [-0.3, -0.25) is 0 Å². The molecular formula is C10H17N2. The number of nitrogens with zero attached hydrogens (tertiary/aromatic N) is 1. The largest absolute Gasteiger partial charge is 0.364 e. The quantitative estimate of drug-likeness (QED) is 0.632. The molecule has 1 atom stereocenters. The molecule has 0 aliphatic carbocycles. The summed E-state index contributed by atoms with van der Waals surface area (Å²) in [5.74, 6) is 0. The van der Waals surface area contributed by atoms with Gasteiger partial charge in [0.2, 0.25) is 0 Å². The highest BCUT2D eigenvalue weighted by atomic mass is 15.2. The molecule has 1 fully saturated rings. The van der Waals surface area contributed by atoms with Gasteiger partial charge in [0.1, 0.15) is 0 Å². The van der Waals surface area contributed by atoms with Crippen molar-refractivity contribution in [1.29, 1.82) is 0 Å². The topological polar surface area (TPSA) is 15.3 Å². The van der Waals surface area contributed by atoms with Crippen molar-refractivity contribution in [3.8, 4) is 0 Å². The van der Waals surface area contributed by atoms with Gasteiger partial charge in [-0.05, 0) is 13.3 Å². The lowest BCUT2D eigenvalue weighted by Crippen LogP contribution is -2.48. The number of hydrogen-bond acceptors (Lipinski definition) is 2. The van der Waals surface area contributed by atoms with Crippen LogP contribution in [0.5, 0.6) is 0 Å². The molecule has 1 heterocycles.